The Morgan fingerprint density at radius 1 is 1.29 bits per heavy atom. The van der Waals surface area contributed by atoms with Gasteiger partial charge in [0.2, 0.25) is 0 Å². The number of nitrogens with one attached hydrogen (secondary N) is 1. The van der Waals surface area contributed by atoms with Gasteiger partial charge in [-0.3, -0.25) is 4.79 Å². The first-order valence-electron chi connectivity index (χ1n) is 7.23. The van der Waals surface area contributed by atoms with Crippen molar-refractivity contribution in [3.05, 3.63) is 69.4 Å². The second kappa shape index (κ2) is 7.27. The summed E-state index contributed by atoms with van der Waals surface area (Å²) >= 11 is 2.16. The average molecular weight is 428 g/mol. The number of hydrogen-bond acceptors (Lipinski definition) is 3. The van der Waals surface area contributed by atoms with Crippen LogP contribution >= 0.6 is 22.6 Å². The molecule has 6 heteroatoms. The Hall–Kier alpha value is -2.66. The molecule has 0 atom stereocenters. The van der Waals surface area contributed by atoms with E-state index < -0.39 is 0 Å². The normalized spacial score (nSPS) is 10.8. The Morgan fingerprint density at radius 2 is 2.12 bits per heavy atom. The molecule has 0 radical (unpaired) electrons. The predicted octanol–water partition coefficient (Wildman–Crippen LogP) is 3.53. The van der Waals surface area contributed by atoms with Gasteiger partial charge in [-0.15, -0.1) is 0 Å². The first-order chi connectivity index (χ1) is 11.7. The van der Waals surface area contributed by atoms with Crippen molar-refractivity contribution in [3.8, 4) is 6.07 Å². The van der Waals surface area contributed by atoms with Gasteiger partial charge in [0.25, 0.3) is 5.91 Å². The number of hydrogen-bond donors (Lipinski definition) is 1. The van der Waals surface area contributed by atoms with E-state index in [1.807, 2.05) is 47.2 Å². The monoisotopic (exact) mass is 428 g/mol. The van der Waals surface area contributed by atoms with Crippen molar-refractivity contribution in [3.63, 3.8) is 0 Å². The van der Waals surface area contributed by atoms with Crippen molar-refractivity contribution in [2.45, 2.75) is 6.54 Å². The number of rotatable bonds is 4. The summed E-state index contributed by atoms with van der Waals surface area (Å²) < 4.78 is 2.85. The maximum atomic E-state index is 12.1. The number of aromatic nitrogens is 1. The van der Waals surface area contributed by atoms with Crippen LogP contribution in [0.3, 0.4) is 0 Å². The molecule has 0 bridgehead atoms. The molecule has 3 rings (SSSR count). The molecule has 0 saturated carbocycles. The number of carbonyl (C=O) groups is 1. The minimum atomic E-state index is -0.259. The Kier molecular flexibility index (Phi) is 4.91. The summed E-state index contributed by atoms with van der Waals surface area (Å²) in [6, 6.07) is 17.2. The molecule has 24 heavy (non-hydrogen) atoms. The SMILES string of the molecule is N#CCn1cc(C=NNC(=O)c2cccc(I)c2)c2ccccc21. The fourth-order valence-electron chi connectivity index (χ4n) is 2.44. The molecule has 0 aliphatic heterocycles. The molecule has 2 aromatic carbocycles. The van der Waals surface area contributed by atoms with E-state index in [-0.39, 0.29) is 12.5 Å². The van der Waals surface area contributed by atoms with Gasteiger partial charge in [0.15, 0.2) is 0 Å². The van der Waals surface area contributed by atoms with Gasteiger partial charge in [-0.1, -0.05) is 24.3 Å². The standard InChI is InChI=1S/C18H13IN4O/c19-15-5-3-4-13(10-15)18(24)22-21-11-14-12-23(9-8-20)17-7-2-1-6-16(14)17/h1-7,10-12H,9H2,(H,22,24). The van der Waals surface area contributed by atoms with Gasteiger partial charge < -0.3 is 4.57 Å². The summed E-state index contributed by atoms with van der Waals surface area (Å²) in [5, 5.41) is 14.0. The summed E-state index contributed by atoms with van der Waals surface area (Å²) in [7, 11) is 0. The van der Waals surface area contributed by atoms with Crippen LogP contribution in [0.1, 0.15) is 15.9 Å². The Bertz CT molecular complexity index is 969. The molecule has 5 nitrogen and oxygen atoms in total. The van der Waals surface area contributed by atoms with Gasteiger partial charge in [0.1, 0.15) is 6.54 Å². The number of benzene rings is 2. The summed E-state index contributed by atoms with van der Waals surface area (Å²) in [6.07, 6.45) is 3.46. The van der Waals surface area contributed by atoms with Crippen LogP contribution in [-0.4, -0.2) is 16.7 Å². The maximum Gasteiger partial charge on any atom is 0.271 e. The average Bonchev–Trinajstić information content (AvgIpc) is 2.93. The van der Waals surface area contributed by atoms with Gasteiger partial charge in [-0.2, -0.15) is 10.4 Å². The zero-order valence-electron chi connectivity index (χ0n) is 12.6. The highest BCUT2D eigenvalue weighted by molar-refractivity contribution is 14.1. The van der Waals surface area contributed by atoms with Crippen LogP contribution in [0.15, 0.2) is 59.8 Å². The van der Waals surface area contributed by atoms with Gasteiger partial charge in [0.05, 0.1) is 12.3 Å². The van der Waals surface area contributed by atoms with Crippen molar-refractivity contribution in [2.24, 2.45) is 5.10 Å². The molecule has 3 aromatic rings. The number of hydrazone groups is 1. The molecule has 0 unspecified atom stereocenters. The lowest BCUT2D eigenvalue weighted by molar-refractivity contribution is 0.0955. The van der Waals surface area contributed by atoms with Crippen LogP contribution in [0.25, 0.3) is 10.9 Å². The number of fused-ring (bicyclic) bond motifs is 1. The highest BCUT2D eigenvalue weighted by Gasteiger charge is 2.07. The van der Waals surface area contributed by atoms with Gasteiger partial charge in [0, 0.05) is 31.8 Å². The first-order valence-corrected chi connectivity index (χ1v) is 8.30. The molecule has 0 aliphatic carbocycles. The molecule has 118 valence electrons. The number of carbonyl (C=O) groups excluding carboxylic acids is 1. The summed E-state index contributed by atoms with van der Waals surface area (Å²) in [4.78, 5) is 12.1. The lowest BCUT2D eigenvalue weighted by atomic mass is 10.2. The molecule has 0 spiro atoms. The third-order valence-electron chi connectivity index (χ3n) is 3.52. The van der Waals surface area contributed by atoms with Crippen molar-refractivity contribution in [1.29, 1.82) is 5.26 Å². The maximum absolute atomic E-state index is 12.1. The van der Waals surface area contributed by atoms with Gasteiger partial charge >= 0.3 is 0 Å². The van der Waals surface area contributed by atoms with E-state index in [9.17, 15) is 4.79 Å². The minimum Gasteiger partial charge on any atom is -0.333 e. The molecular weight excluding hydrogens is 415 g/mol. The second-order valence-electron chi connectivity index (χ2n) is 5.10. The Labute approximate surface area is 152 Å². The molecule has 1 heterocycles. The first kappa shape index (κ1) is 16.2. The van der Waals surface area contributed by atoms with Gasteiger partial charge in [-0.05, 0) is 46.9 Å². The smallest absolute Gasteiger partial charge is 0.271 e. The largest absolute Gasteiger partial charge is 0.333 e. The molecule has 1 N–H and O–H groups in total. The van der Waals surface area contributed by atoms with E-state index in [0.29, 0.717) is 5.56 Å². The highest BCUT2D eigenvalue weighted by Crippen LogP contribution is 2.19. The minimum absolute atomic E-state index is 0.259. The summed E-state index contributed by atoms with van der Waals surface area (Å²) in [6.45, 7) is 0.267. The number of para-hydroxylation sites is 1. The third kappa shape index (κ3) is 3.46. The third-order valence-corrected chi connectivity index (χ3v) is 4.19. The van der Waals surface area contributed by atoms with Crippen LogP contribution in [0.5, 0.6) is 0 Å². The van der Waals surface area contributed by atoms with Gasteiger partial charge in [-0.25, -0.2) is 5.43 Å². The molecule has 1 aromatic heterocycles. The van der Waals surface area contributed by atoms with Crippen molar-refractivity contribution in [1.82, 2.24) is 9.99 Å². The topological polar surface area (TPSA) is 70.2 Å². The lowest BCUT2D eigenvalue weighted by Gasteiger charge is -1.99. The van der Waals surface area contributed by atoms with E-state index >= 15 is 0 Å². The quantitative estimate of drug-likeness (QED) is 0.393. The number of halogens is 1. The van der Waals surface area contributed by atoms with Crippen LogP contribution in [0.2, 0.25) is 0 Å². The van der Waals surface area contributed by atoms with Crippen LogP contribution in [-0.2, 0) is 6.54 Å². The molecule has 0 fully saturated rings. The number of amides is 1. The van der Waals surface area contributed by atoms with E-state index in [1.165, 1.54) is 0 Å². The van der Waals surface area contributed by atoms with E-state index in [4.69, 9.17) is 5.26 Å². The van der Waals surface area contributed by atoms with E-state index in [1.54, 1.807) is 18.3 Å². The van der Waals surface area contributed by atoms with Crippen LogP contribution in [0, 0.1) is 14.9 Å². The van der Waals surface area contributed by atoms with Crippen molar-refractivity contribution >= 4 is 45.6 Å². The lowest BCUT2D eigenvalue weighted by Crippen LogP contribution is -2.17. The van der Waals surface area contributed by atoms with Crippen LogP contribution in [0.4, 0.5) is 0 Å². The summed E-state index contributed by atoms with van der Waals surface area (Å²) in [5.74, 6) is -0.259. The van der Waals surface area contributed by atoms with E-state index in [0.717, 1.165) is 20.0 Å². The molecular formula is C18H13IN4O. The zero-order valence-corrected chi connectivity index (χ0v) is 14.8. The fraction of sp³-hybridized carbons (Fsp3) is 0.0556. The highest BCUT2D eigenvalue weighted by atomic mass is 127. The molecule has 0 aliphatic rings. The van der Waals surface area contributed by atoms with Crippen molar-refractivity contribution in [2.75, 3.05) is 0 Å². The fourth-order valence-corrected chi connectivity index (χ4v) is 2.98. The number of nitrogens with zero attached hydrogens (tertiary/aromatic N) is 3. The second-order valence-corrected chi connectivity index (χ2v) is 6.34. The summed E-state index contributed by atoms with van der Waals surface area (Å²) in [5.41, 5.74) is 4.91. The predicted molar refractivity (Wildman–Crippen MR) is 102 cm³/mol. The Balaban J connectivity index is 1.81. The van der Waals surface area contributed by atoms with Crippen molar-refractivity contribution < 1.29 is 4.79 Å². The van der Waals surface area contributed by atoms with Crippen LogP contribution < -0.4 is 5.43 Å². The molecule has 0 saturated heterocycles. The van der Waals surface area contributed by atoms with E-state index in [2.05, 4.69) is 39.2 Å². The Morgan fingerprint density at radius 3 is 2.92 bits per heavy atom. The molecule has 1 amide bonds. The zero-order chi connectivity index (χ0) is 16.9. The number of nitriles is 1.